The Morgan fingerprint density at radius 1 is 1.24 bits per heavy atom. The summed E-state index contributed by atoms with van der Waals surface area (Å²) in [6.07, 6.45) is -0.664. The van der Waals surface area contributed by atoms with Gasteiger partial charge < -0.3 is 20.3 Å². The van der Waals surface area contributed by atoms with Gasteiger partial charge in [-0.25, -0.2) is 4.39 Å². The Labute approximate surface area is 146 Å². The molecule has 0 amide bonds. The zero-order valence-corrected chi connectivity index (χ0v) is 14.2. The van der Waals surface area contributed by atoms with Crippen molar-refractivity contribution < 1.29 is 24.1 Å². The molecule has 0 saturated heterocycles. The molecule has 0 aliphatic carbocycles. The second-order valence-corrected chi connectivity index (χ2v) is 5.80. The summed E-state index contributed by atoms with van der Waals surface area (Å²) >= 11 is 0. The van der Waals surface area contributed by atoms with Crippen LogP contribution in [0.25, 0.3) is 0 Å². The van der Waals surface area contributed by atoms with Crippen LogP contribution in [0.4, 0.5) is 4.39 Å². The number of carbonyl (C=O) groups excluding carboxylic acids is 1. The quantitative estimate of drug-likeness (QED) is 0.640. The number of benzene rings is 2. The summed E-state index contributed by atoms with van der Waals surface area (Å²) in [7, 11) is 1.38. The Kier molecular flexibility index (Phi) is 6.50. The van der Waals surface area contributed by atoms with Gasteiger partial charge in [0.25, 0.3) is 0 Å². The van der Waals surface area contributed by atoms with Crippen LogP contribution in [0.15, 0.2) is 42.5 Å². The SMILES string of the molecule is COc1ccc(C(O)C(C)NCCC(=O)c2ccc(O)cc2)cc1F. The van der Waals surface area contributed by atoms with Gasteiger partial charge in [0, 0.05) is 24.6 Å². The number of methoxy groups -OCH3 is 1. The lowest BCUT2D eigenvalue weighted by molar-refractivity contribution is 0.0972. The molecule has 2 unspecified atom stereocenters. The number of hydrogen-bond donors (Lipinski definition) is 3. The average molecular weight is 347 g/mol. The number of hydrogen-bond acceptors (Lipinski definition) is 5. The van der Waals surface area contributed by atoms with Gasteiger partial charge in [-0.15, -0.1) is 0 Å². The second kappa shape index (κ2) is 8.60. The van der Waals surface area contributed by atoms with Crippen LogP contribution in [0.1, 0.15) is 35.4 Å². The molecule has 0 aliphatic rings. The summed E-state index contributed by atoms with van der Waals surface area (Å²) < 4.78 is 18.6. The lowest BCUT2D eigenvalue weighted by Gasteiger charge is -2.21. The van der Waals surface area contributed by atoms with E-state index in [-0.39, 0.29) is 29.7 Å². The summed E-state index contributed by atoms with van der Waals surface area (Å²) in [5.74, 6) is -0.368. The molecule has 2 atom stereocenters. The highest BCUT2D eigenvalue weighted by Crippen LogP contribution is 2.23. The van der Waals surface area contributed by atoms with Gasteiger partial charge in [-0.1, -0.05) is 6.07 Å². The van der Waals surface area contributed by atoms with Gasteiger partial charge in [0.1, 0.15) is 5.75 Å². The molecule has 5 nitrogen and oxygen atoms in total. The highest BCUT2D eigenvalue weighted by molar-refractivity contribution is 5.96. The molecule has 134 valence electrons. The number of ether oxygens (including phenoxy) is 1. The van der Waals surface area contributed by atoms with E-state index >= 15 is 0 Å². The fourth-order valence-corrected chi connectivity index (χ4v) is 2.47. The molecule has 6 heteroatoms. The van der Waals surface area contributed by atoms with E-state index in [1.807, 2.05) is 0 Å². The van der Waals surface area contributed by atoms with E-state index in [1.165, 1.54) is 31.4 Å². The second-order valence-electron chi connectivity index (χ2n) is 5.80. The van der Waals surface area contributed by atoms with Gasteiger partial charge in [0.05, 0.1) is 13.2 Å². The molecule has 2 aromatic carbocycles. The maximum atomic E-state index is 13.7. The van der Waals surface area contributed by atoms with E-state index < -0.39 is 11.9 Å². The monoisotopic (exact) mass is 347 g/mol. The van der Waals surface area contributed by atoms with Gasteiger partial charge in [0.2, 0.25) is 0 Å². The third-order valence-electron chi connectivity index (χ3n) is 4.00. The molecule has 0 bridgehead atoms. The largest absolute Gasteiger partial charge is 0.508 e. The standard InChI is InChI=1S/C19H22FNO4/c1-12(19(24)14-5-8-18(25-2)16(20)11-14)21-10-9-17(23)13-3-6-15(22)7-4-13/h3-8,11-12,19,21-22,24H,9-10H2,1-2H3. The summed E-state index contributed by atoms with van der Waals surface area (Å²) in [6.45, 7) is 2.13. The molecule has 0 aliphatic heterocycles. The number of aliphatic hydroxyl groups is 1. The van der Waals surface area contributed by atoms with Gasteiger partial charge in [-0.3, -0.25) is 4.79 Å². The number of Topliss-reactive ketones (excluding diaryl/α,β-unsaturated/α-hetero) is 1. The van der Waals surface area contributed by atoms with Crippen LogP contribution in [0.5, 0.6) is 11.5 Å². The van der Waals surface area contributed by atoms with Gasteiger partial charge in [-0.2, -0.15) is 0 Å². The summed E-state index contributed by atoms with van der Waals surface area (Å²) in [5, 5.41) is 22.6. The van der Waals surface area contributed by atoms with Crippen molar-refractivity contribution >= 4 is 5.78 Å². The summed E-state index contributed by atoms with van der Waals surface area (Å²) in [6, 6.07) is 10.0. The number of phenolic OH excluding ortho intramolecular Hbond substituents is 1. The fraction of sp³-hybridized carbons (Fsp3) is 0.316. The third-order valence-corrected chi connectivity index (χ3v) is 4.00. The van der Waals surface area contributed by atoms with E-state index in [4.69, 9.17) is 4.74 Å². The molecule has 2 rings (SSSR count). The van der Waals surface area contributed by atoms with Crippen molar-refractivity contribution in [1.29, 1.82) is 0 Å². The van der Waals surface area contributed by atoms with Gasteiger partial charge in [0.15, 0.2) is 17.3 Å². The molecule has 3 N–H and O–H groups in total. The highest BCUT2D eigenvalue weighted by Gasteiger charge is 2.18. The van der Waals surface area contributed by atoms with Crippen molar-refractivity contribution in [2.45, 2.75) is 25.5 Å². The number of nitrogens with one attached hydrogen (secondary N) is 1. The van der Waals surface area contributed by atoms with Gasteiger partial charge >= 0.3 is 0 Å². The first kappa shape index (κ1) is 18.9. The number of phenols is 1. The lowest BCUT2D eigenvalue weighted by Crippen LogP contribution is -2.33. The minimum absolute atomic E-state index is 0.0651. The number of aromatic hydroxyl groups is 1. The fourth-order valence-electron chi connectivity index (χ4n) is 2.47. The number of ketones is 1. The van der Waals surface area contributed by atoms with E-state index in [2.05, 4.69) is 5.32 Å². The van der Waals surface area contributed by atoms with Crippen molar-refractivity contribution in [3.05, 3.63) is 59.4 Å². The molecule has 0 heterocycles. The Morgan fingerprint density at radius 2 is 1.92 bits per heavy atom. The minimum atomic E-state index is -0.913. The summed E-state index contributed by atoms with van der Waals surface area (Å²) in [4.78, 5) is 12.0. The zero-order chi connectivity index (χ0) is 18.4. The van der Waals surface area contributed by atoms with Crippen molar-refractivity contribution in [1.82, 2.24) is 5.32 Å². The van der Waals surface area contributed by atoms with Crippen molar-refractivity contribution in [2.75, 3.05) is 13.7 Å². The van der Waals surface area contributed by atoms with Crippen molar-refractivity contribution in [2.24, 2.45) is 0 Å². The topological polar surface area (TPSA) is 78.8 Å². The number of rotatable bonds is 8. The van der Waals surface area contributed by atoms with E-state index in [0.29, 0.717) is 17.7 Å². The molecule has 0 aromatic heterocycles. The van der Waals surface area contributed by atoms with Crippen LogP contribution >= 0.6 is 0 Å². The first-order valence-corrected chi connectivity index (χ1v) is 7.99. The molecule has 0 saturated carbocycles. The number of halogens is 1. The molecule has 0 radical (unpaired) electrons. The maximum Gasteiger partial charge on any atom is 0.165 e. The van der Waals surface area contributed by atoms with Crippen LogP contribution in [-0.2, 0) is 0 Å². The van der Waals surface area contributed by atoms with Crippen LogP contribution < -0.4 is 10.1 Å². The smallest absolute Gasteiger partial charge is 0.165 e. The number of aliphatic hydroxyl groups excluding tert-OH is 1. The normalized spacial score (nSPS) is 13.3. The molecular weight excluding hydrogens is 325 g/mol. The van der Waals surface area contributed by atoms with E-state index in [0.717, 1.165) is 0 Å². The predicted octanol–water partition coefficient (Wildman–Crippen LogP) is 2.82. The minimum Gasteiger partial charge on any atom is -0.508 e. The van der Waals surface area contributed by atoms with E-state index in [9.17, 15) is 19.4 Å². The Bertz CT molecular complexity index is 718. The maximum absolute atomic E-state index is 13.7. The molecule has 2 aromatic rings. The molecule has 0 spiro atoms. The molecule has 0 fully saturated rings. The van der Waals surface area contributed by atoms with Crippen LogP contribution in [0.3, 0.4) is 0 Å². The van der Waals surface area contributed by atoms with Crippen LogP contribution in [0.2, 0.25) is 0 Å². The van der Waals surface area contributed by atoms with Crippen LogP contribution in [0, 0.1) is 5.82 Å². The van der Waals surface area contributed by atoms with E-state index in [1.54, 1.807) is 25.1 Å². The predicted molar refractivity (Wildman–Crippen MR) is 92.4 cm³/mol. The van der Waals surface area contributed by atoms with Crippen molar-refractivity contribution in [3.63, 3.8) is 0 Å². The first-order chi connectivity index (χ1) is 11.9. The average Bonchev–Trinajstić information content (AvgIpc) is 2.61. The number of carbonyl (C=O) groups is 1. The lowest BCUT2D eigenvalue weighted by atomic mass is 10.0. The third kappa shape index (κ3) is 5.01. The molecular formula is C19H22FNO4. The Balaban J connectivity index is 1.86. The Morgan fingerprint density at radius 3 is 2.52 bits per heavy atom. The molecule has 25 heavy (non-hydrogen) atoms. The zero-order valence-electron chi connectivity index (χ0n) is 14.2. The van der Waals surface area contributed by atoms with Crippen molar-refractivity contribution in [3.8, 4) is 11.5 Å². The van der Waals surface area contributed by atoms with Crippen LogP contribution in [-0.4, -0.2) is 35.7 Å². The van der Waals surface area contributed by atoms with Gasteiger partial charge in [-0.05, 0) is 48.9 Å². The Hall–Kier alpha value is -2.44. The highest BCUT2D eigenvalue weighted by atomic mass is 19.1. The first-order valence-electron chi connectivity index (χ1n) is 7.99. The summed E-state index contributed by atoms with van der Waals surface area (Å²) in [5.41, 5.74) is 0.952.